The molecule has 0 saturated carbocycles. The van der Waals surface area contributed by atoms with Crippen LogP contribution < -0.4 is 9.62 Å². The first kappa shape index (κ1) is 34.4. The molecule has 0 spiro atoms. The number of hydrogen-bond acceptors (Lipinski definition) is 4. The second-order valence-electron chi connectivity index (χ2n) is 12.1. The van der Waals surface area contributed by atoms with Crippen molar-refractivity contribution in [3.8, 4) is 0 Å². The summed E-state index contributed by atoms with van der Waals surface area (Å²) in [4.78, 5) is 30.3. The van der Waals surface area contributed by atoms with E-state index in [2.05, 4.69) is 5.32 Å². The van der Waals surface area contributed by atoms with Crippen LogP contribution in [0.5, 0.6) is 0 Å². The summed E-state index contributed by atoms with van der Waals surface area (Å²) in [5.74, 6) is -0.754. The number of hydrogen-bond donors (Lipinski definition) is 1. The van der Waals surface area contributed by atoms with E-state index in [0.717, 1.165) is 39.8 Å². The van der Waals surface area contributed by atoms with Crippen molar-refractivity contribution < 1.29 is 18.0 Å². The zero-order valence-electron chi connectivity index (χ0n) is 27.7. The topological polar surface area (TPSA) is 86.8 Å². The summed E-state index contributed by atoms with van der Waals surface area (Å²) in [5, 5.41) is 3.08. The maximum absolute atomic E-state index is 14.7. The fourth-order valence-corrected chi connectivity index (χ4v) is 6.69. The highest BCUT2D eigenvalue weighted by atomic mass is 32.2. The molecule has 4 aromatic rings. The Balaban J connectivity index is 1.83. The number of amides is 2. The van der Waals surface area contributed by atoms with E-state index in [1.165, 1.54) is 9.21 Å². The van der Waals surface area contributed by atoms with Gasteiger partial charge in [-0.05, 0) is 81.5 Å². The maximum Gasteiger partial charge on any atom is 0.264 e. The van der Waals surface area contributed by atoms with E-state index in [1.54, 1.807) is 30.3 Å². The van der Waals surface area contributed by atoms with Crippen LogP contribution in [0.2, 0.25) is 0 Å². The van der Waals surface area contributed by atoms with Gasteiger partial charge in [0.1, 0.15) is 12.6 Å². The summed E-state index contributed by atoms with van der Waals surface area (Å²) in [7, 11) is -4.16. The minimum Gasteiger partial charge on any atom is -0.352 e. The maximum atomic E-state index is 14.7. The first-order valence-electron chi connectivity index (χ1n) is 15.7. The Hall–Kier alpha value is -4.43. The number of sulfonamides is 1. The zero-order chi connectivity index (χ0) is 33.4. The van der Waals surface area contributed by atoms with Crippen LogP contribution in [-0.4, -0.2) is 43.8 Å². The van der Waals surface area contributed by atoms with E-state index in [4.69, 9.17) is 0 Å². The molecular formula is C38H45N3O4S. The molecule has 0 aromatic heterocycles. The van der Waals surface area contributed by atoms with Gasteiger partial charge in [-0.15, -0.1) is 0 Å². The smallest absolute Gasteiger partial charge is 0.264 e. The van der Waals surface area contributed by atoms with Crippen LogP contribution in [0, 0.1) is 27.7 Å². The monoisotopic (exact) mass is 639 g/mol. The fourth-order valence-electron chi connectivity index (χ4n) is 5.22. The van der Waals surface area contributed by atoms with Gasteiger partial charge >= 0.3 is 0 Å². The summed E-state index contributed by atoms with van der Waals surface area (Å²) >= 11 is 0. The second kappa shape index (κ2) is 15.2. The van der Waals surface area contributed by atoms with Gasteiger partial charge in [-0.1, -0.05) is 96.9 Å². The number of carbonyl (C=O) groups excluding carboxylic acids is 2. The van der Waals surface area contributed by atoms with Crippen molar-refractivity contribution in [3.05, 3.63) is 130 Å². The highest BCUT2D eigenvalue weighted by Gasteiger charge is 2.35. The molecule has 4 aromatic carbocycles. The van der Waals surface area contributed by atoms with Crippen molar-refractivity contribution in [1.29, 1.82) is 0 Å². The molecule has 0 fully saturated rings. The molecule has 1 N–H and O–H groups in total. The normalized spacial score (nSPS) is 12.7. The van der Waals surface area contributed by atoms with E-state index in [9.17, 15) is 18.0 Å². The summed E-state index contributed by atoms with van der Waals surface area (Å²) in [5.41, 5.74) is 5.74. The number of rotatable bonds is 13. The highest BCUT2D eigenvalue weighted by molar-refractivity contribution is 7.92. The van der Waals surface area contributed by atoms with Gasteiger partial charge in [0.15, 0.2) is 0 Å². The molecule has 0 heterocycles. The van der Waals surface area contributed by atoms with E-state index in [0.29, 0.717) is 5.69 Å². The minimum absolute atomic E-state index is 0.0900. The standard InChI is InChI=1S/C38H45N3O4S/c1-7-31(6)39-38(43)36(24-32-11-9-8-10-12-32)40(25-33-19-14-27(2)15-20-33)37(42)26-41(35-23-29(4)13-18-30(35)5)46(44,45)34-21-16-28(3)17-22-34/h8-23,31,36H,7,24-26H2,1-6H3,(H,39,43)/t31-,36-/m1/s1. The van der Waals surface area contributed by atoms with Crippen LogP contribution in [0.3, 0.4) is 0 Å². The number of aryl methyl sites for hydroxylation is 4. The molecule has 2 atom stereocenters. The van der Waals surface area contributed by atoms with E-state index >= 15 is 0 Å². The number of nitrogens with zero attached hydrogens (tertiary/aromatic N) is 2. The van der Waals surface area contributed by atoms with Crippen LogP contribution in [-0.2, 0) is 32.6 Å². The number of carbonyl (C=O) groups is 2. The molecule has 46 heavy (non-hydrogen) atoms. The molecule has 0 aliphatic rings. The largest absolute Gasteiger partial charge is 0.352 e. The Morgan fingerprint density at radius 1 is 0.761 bits per heavy atom. The van der Waals surface area contributed by atoms with Gasteiger partial charge in [0.25, 0.3) is 10.0 Å². The van der Waals surface area contributed by atoms with Gasteiger partial charge in [-0.2, -0.15) is 0 Å². The molecule has 4 rings (SSSR count). The van der Waals surface area contributed by atoms with Gasteiger partial charge < -0.3 is 10.2 Å². The molecule has 0 aliphatic carbocycles. The molecule has 0 saturated heterocycles. The summed E-state index contributed by atoms with van der Waals surface area (Å²) in [6, 6.07) is 28.6. The number of anilines is 1. The van der Waals surface area contributed by atoms with Crippen LogP contribution in [0.1, 0.15) is 53.6 Å². The van der Waals surface area contributed by atoms with Gasteiger partial charge in [-0.25, -0.2) is 8.42 Å². The van der Waals surface area contributed by atoms with Crippen molar-refractivity contribution in [2.75, 3.05) is 10.8 Å². The Morgan fingerprint density at radius 3 is 1.96 bits per heavy atom. The van der Waals surface area contributed by atoms with Crippen molar-refractivity contribution in [2.24, 2.45) is 0 Å². The lowest BCUT2D eigenvalue weighted by Gasteiger charge is -2.34. The average molecular weight is 640 g/mol. The molecule has 0 aliphatic heterocycles. The third-order valence-corrected chi connectivity index (χ3v) is 10.0. The van der Waals surface area contributed by atoms with Crippen molar-refractivity contribution in [2.45, 2.75) is 77.9 Å². The van der Waals surface area contributed by atoms with Crippen LogP contribution in [0.4, 0.5) is 5.69 Å². The molecule has 2 amide bonds. The van der Waals surface area contributed by atoms with Crippen molar-refractivity contribution in [1.82, 2.24) is 10.2 Å². The molecule has 242 valence electrons. The summed E-state index contributed by atoms with van der Waals surface area (Å²) in [6.45, 7) is 11.2. The van der Waals surface area contributed by atoms with Crippen molar-refractivity contribution >= 4 is 27.5 Å². The lowest BCUT2D eigenvalue weighted by Crippen LogP contribution is -2.54. The zero-order valence-corrected chi connectivity index (χ0v) is 28.5. The van der Waals surface area contributed by atoms with Gasteiger partial charge in [0.2, 0.25) is 11.8 Å². The Bertz CT molecular complexity index is 1740. The summed E-state index contributed by atoms with van der Waals surface area (Å²) in [6.07, 6.45) is 1.000. The molecule has 8 heteroatoms. The van der Waals surface area contributed by atoms with Gasteiger partial charge in [0, 0.05) is 19.0 Å². The SMILES string of the molecule is CC[C@@H](C)NC(=O)[C@@H](Cc1ccccc1)N(Cc1ccc(C)cc1)C(=O)CN(c1cc(C)ccc1C)S(=O)(=O)c1ccc(C)cc1. The number of benzene rings is 4. The van der Waals surface area contributed by atoms with Gasteiger partial charge in [0.05, 0.1) is 10.6 Å². The molecule has 7 nitrogen and oxygen atoms in total. The fraction of sp³-hybridized carbons (Fsp3) is 0.316. The summed E-state index contributed by atoms with van der Waals surface area (Å²) < 4.78 is 29.8. The van der Waals surface area contributed by atoms with E-state index in [1.807, 2.05) is 108 Å². The quantitative estimate of drug-likeness (QED) is 0.177. The Morgan fingerprint density at radius 2 is 1.35 bits per heavy atom. The van der Waals surface area contributed by atoms with E-state index < -0.39 is 28.5 Å². The lowest BCUT2D eigenvalue weighted by molar-refractivity contribution is -0.140. The first-order valence-corrected chi connectivity index (χ1v) is 17.2. The highest BCUT2D eigenvalue weighted by Crippen LogP contribution is 2.29. The molecule has 0 bridgehead atoms. The number of nitrogens with one attached hydrogen (secondary N) is 1. The van der Waals surface area contributed by atoms with Crippen LogP contribution in [0.15, 0.2) is 102 Å². The Labute approximate surface area is 274 Å². The molecule has 0 radical (unpaired) electrons. The predicted octanol–water partition coefficient (Wildman–Crippen LogP) is 6.67. The third kappa shape index (κ3) is 8.63. The predicted molar refractivity (Wildman–Crippen MR) is 185 cm³/mol. The van der Waals surface area contributed by atoms with Crippen molar-refractivity contribution in [3.63, 3.8) is 0 Å². The third-order valence-electron chi connectivity index (χ3n) is 8.27. The average Bonchev–Trinajstić information content (AvgIpc) is 3.04. The van der Waals surface area contributed by atoms with Crippen LogP contribution >= 0.6 is 0 Å². The molecular weight excluding hydrogens is 595 g/mol. The lowest BCUT2D eigenvalue weighted by atomic mass is 10.0. The molecule has 0 unspecified atom stereocenters. The van der Waals surface area contributed by atoms with Gasteiger partial charge in [-0.3, -0.25) is 13.9 Å². The van der Waals surface area contributed by atoms with Crippen LogP contribution in [0.25, 0.3) is 0 Å². The Kier molecular flexibility index (Phi) is 11.4. The van der Waals surface area contributed by atoms with E-state index in [-0.39, 0.29) is 29.8 Å². The second-order valence-corrected chi connectivity index (χ2v) is 14.0. The first-order chi connectivity index (χ1) is 21.9. The minimum atomic E-state index is -4.16.